The Bertz CT molecular complexity index is 406. The van der Waals surface area contributed by atoms with Crippen LogP contribution >= 0.6 is 11.6 Å². The zero-order chi connectivity index (χ0) is 12.8. The first kappa shape index (κ1) is 13.7. The van der Waals surface area contributed by atoms with Gasteiger partial charge in [0.05, 0.1) is 12.1 Å². The second-order valence-corrected chi connectivity index (χ2v) is 4.35. The van der Waals surface area contributed by atoms with Crippen LogP contribution in [0.1, 0.15) is 24.9 Å². The lowest BCUT2D eigenvalue weighted by atomic mass is 10.1. The molecular formula is C13H17ClN2O. The van der Waals surface area contributed by atoms with Gasteiger partial charge in [0.2, 0.25) is 5.91 Å². The van der Waals surface area contributed by atoms with Gasteiger partial charge in [0.25, 0.3) is 0 Å². The van der Waals surface area contributed by atoms with Gasteiger partial charge < -0.3 is 11.1 Å². The summed E-state index contributed by atoms with van der Waals surface area (Å²) >= 11 is 5.89. The molecule has 1 rings (SSSR count). The number of hydrogen-bond acceptors (Lipinski definition) is 2. The molecule has 1 unspecified atom stereocenters. The van der Waals surface area contributed by atoms with Crippen LogP contribution in [0.3, 0.4) is 0 Å². The Morgan fingerprint density at radius 1 is 1.65 bits per heavy atom. The van der Waals surface area contributed by atoms with E-state index in [1.807, 2.05) is 25.1 Å². The molecule has 0 aromatic heterocycles. The van der Waals surface area contributed by atoms with E-state index < -0.39 is 6.04 Å². The van der Waals surface area contributed by atoms with Crippen molar-refractivity contribution in [2.75, 3.05) is 0 Å². The van der Waals surface area contributed by atoms with Gasteiger partial charge in [-0.3, -0.25) is 4.79 Å². The van der Waals surface area contributed by atoms with Gasteiger partial charge in [-0.15, -0.1) is 6.58 Å². The van der Waals surface area contributed by atoms with Gasteiger partial charge in [0.1, 0.15) is 0 Å². The molecule has 1 aromatic carbocycles. The van der Waals surface area contributed by atoms with E-state index in [0.29, 0.717) is 11.4 Å². The van der Waals surface area contributed by atoms with E-state index >= 15 is 0 Å². The number of benzene rings is 1. The largest absolute Gasteiger partial charge is 0.348 e. The Hall–Kier alpha value is -1.32. The lowest BCUT2D eigenvalue weighted by molar-refractivity contribution is -0.122. The summed E-state index contributed by atoms with van der Waals surface area (Å²) in [5.74, 6) is -0.183. The maximum Gasteiger partial charge on any atom is 0.237 e. The minimum Gasteiger partial charge on any atom is -0.348 e. The van der Waals surface area contributed by atoms with Crippen molar-refractivity contribution in [1.29, 1.82) is 0 Å². The van der Waals surface area contributed by atoms with E-state index in [2.05, 4.69) is 11.9 Å². The molecule has 3 N–H and O–H groups in total. The van der Waals surface area contributed by atoms with Gasteiger partial charge in [0.15, 0.2) is 0 Å². The second kappa shape index (κ2) is 6.42. The summed E-state index contributed by atoms with van der Waals surface area (Å²) in [6.07, 6.45) is 2.10. The molecule has 1 amide bonds. The van der Waals surface area contributed by atoms with Crippen molar-refractivity contribution >= 4 is 17.5 Å². The zero-order valence-corrected chi connectivity index (χ0v) is 10.6. The molecule has 1 aromatic rings. The molecule has 0 fully saturated rings. The first-order chi connectivity index (χ1) is 8.04. The Labute approximate surface area is 107 Å². The highest BCUT2D eigenvalue weighted by atomic mass is 35.5. The fourth-order valence-corrected chi connectivity index (χ4v) is 1.67. The quantitative estimate of drug-likeness (QED) is 0.791. The third-order valence-electron chi connectivity index (χ3n) is 2.46. The van der Waals surface area contributed by atoms with Crippen LogP contribution in [-0.4, -0.2) is 11.9 Å². The lowest BCUT2D eigenvalue weighted by Crippen LogP contribution is -2.41. The number of amides is 1. The smallest absolute Gasteiger partial charge is 0.237 e. The summed E-state index contributed by atoms with van der Waals surface area (Å²) in [6, 6.07) is 6.72. The predicted molar refractivity (Wildman–Crippen MR) is 70.8 cm³/mol. The Kier molecular flexibility index (Phi) is 5.19. The summed E-state index contributed by atoms with van der Waals surface area (Å²) in [6.45, 7) is 5.45. The molecule has 0 aliphatic heterocycles. The summed E-state index contributed by atoms with van der Waals surface area (Å²) in [4.78, 5) is 11.7. The molecule has 0 radical (unpaired) electrons. The number of carbonyl (C=O) groups excluding carboxylic acids is 1. The van der Waals surface area contributed by atoms with Crippen LogP contribution in [0.25, 0.3) is 0 Å². The lowest BCUT2D eigenvalue weighted by Gasteiger charge is -2.17. The first-order valence-corrected chi connectivity index (χ1v) is 5.84. The highest BCUT2D eigenvalue weighted by Gasteiger charge is 2.15. The van der Waals surface area contributed by atoms with E-state index in [9.17, 15) is 4.79 Å². The number of hydrogen-bond donors (Lipinski definition) is 2. The third kappa shape index (κ3) is 4.21. The molecule has 0 aliphatic carbocycles. The van der Waals surface area contributed by atoms with Crippen LogP contribution in [0.2, 0.25) is 5.02 Å². The van der Waals surface area contributed by atoms with E-state index in [1.54, 1.807) is 12.1 Å². The number of halogens is 1. The average Bonchev–Trinajstić information content (AvgIpc) is 2.29. The average molecular weight is 253 g/mol. The predicted octanol–water partition coefficient (Wildman–Crippen LogP) is 2.42. The molecule has 3 nitrogen and oxygen atoms in total. The fourth-order valence-electron chi connectivity index (χ4n) is 1.47. The highest BCUT2D eigenvalue weighted by Crippen LogP contribution is 2.17. The van der Waals surface area contributed by atoms with E-state index in [-0.39, 0.29) is 11.9 Å². The number of nitrogens with two attached hydrogens (primary N) is 1. The molecule has 0 aliphatic rings. The number of carbonyl (C=O) groups is 1. The maximum atomic E-state index is 11.7. The summed E-state index contributed by atoms with van der Waals surface area (Å²) in [5.41, 5.74) is 6.63. The molecule has 0 saturated carbocycles. The van der Waals surface area contributed by atoms with Crippen LogP contribution in [0.5, 0.6) is 0 Å². The normalized spacial score (nSPS) is 13.8. The van der Waals surface area contributed by atoms with Crippen molar-refractivity contribution in [3.05, 3.63) is 47.5 Å². The molecular weight excluding hydrogens is 236 g/mol. The first-order valence-electron chi connectivity index (χ1n) is 5.47. The molecule has 0 spiro atoms. The van der Waals surface area contributed by atoms with Gasteiger partial charge in [-0.2, -0.15) is 0 Å². The number of nitrogens with one attached hydrogen (secondary N) is 1. The molecule has 0 bridgehead atoms. The minimum absolute atomic E-state index is 0.114. The Balaban J connectivity index is 2.63. The third-order valence-corrected chi connectivity index (χ3v) is 2.70. The van der Waals surface area contributed by atoms with Crippen molar-refractivity contribution < 1.29 is 4.79 Å². The topological polar surface area (TPSA) is 55.1 Å². The van der Waals surface area contributed by atoms with Crippen molar-refractivity contribution in [3.8, 4) is 0 Å². The molecule has 0 saturated heterocycles. The van der Waals surface area contributed by atoms with Crippen LogP contribution in [0.4, 0.5) is 0 Å². The molecule has 92 valence electrons. The maximum absolute atomic E-state index is 11.7. The van der Waals surface area contributed by atoms with Gasteiger partial charge in [-0.05, 0) is 31.0 Å². The molecule has 2 atom stereocenters. The van der Waals surface area contributed by atoms with Gasteiger partial charge in [-0.25, -0.2) is 0 Å². The van der Waals surface area contributed by atoms with Crippen LogP contribution in [0.15, 0.2) is 36.9 Å². The SMILES string of the molecule is C=CCC(N)C(=O)N[C@H](C)c1cccc(Cl)c1. The molecule has 0 heterocycles. The summed E-state index contributed by atoms with van der Waals surface area (Å²) in [5, 5.41) is 3.49. The van der Waals surface area contributed by atoms with E-state index in [4.69, 9.17) is 17.3 Å². The van der Waals surface area contributed by atoms with Crippen molar-refractivity contribution in [2.24, 2.45) is 5.73 Å². The van der Waals surface area contributed by atoms with Gasteiger partial charge >= 0.3 is 0 Å². The summed E-state index contributed by atoms with van der Waals surface area (Å²) < 4.78 is 0. The van der Waals surface area contributed by atoms with Crippen LogP contribution < -0.4 is 11.1 Å². The van der Waals surface area contributed by atoms with Gasteiger partial charge in [0, 0.05) is 5.02 Å². The Morgan fingerprint density at radius 3 is 2.94 bits per heavy atom. The summed E-state index contributed by atoms with van der Waals surface area (Å²) in [7, 11) is 0. The minimum atomic E-state index is -0.547. The molecule has 4 heteroatoms. The van der Waals surface area contributed by atoms with Crippen molar-refractivity contribution in [2.45, 2.75) is 25.4 Å². The highest BCUT2D eigenvalue weighted by molar-refractivity contribution is 6.30. The number of rotatable bonds is 5. The Morgan fingerprint density at radius 2 is 2.35 bits per heavy atom. The zero-order valence-electron chi connectivity index (χ0n) is 9.82. The van der Waals surface area contributed by atoms with Crippen molar-refractivity contribution in [1.82, 2.24) is 5.32 Å². The molecule has 17 heavy (non-hydrogen) atoms. The van der Waals surface area contributed by atoms with Gasteiger partial charge in [-0.1, -0.05) is 29.8 Å². The van der Waals surface area contributed by atoms with Crippen LogP contribution in [-0.2, 0) is 4.79 Å². The van der Waals surface area contributed by atoms with Crippen molar-refractivity contribution in [3.63, 3.8) is 0 Å². The standard InChI is InChI=1S/C13H17ClN2O/c1-3-5-12(15)13(17)16-9(2)10-6-4-7-11(14)8-10/h3-4,6-9,12H,1,5,15H2,2H3,(H,16,17)/t9-,12?/m1/s1. The monoisotopic (exact) mass is 252 g/mol. The van der Waals surface area contributed by atoms with Crippen LogP contribution in [0, 0.1) is 0 Å². The second-order valence-electron chi connectivity index (χ2n) is 3.92. The van der Waals surface area contributed by atoms with E-state index in [0.717, 1.165) is 5.56 Å². The fraction of sp³-hybridized carbons (Fsp3) is 0.308. The van der Waals surface area contributed by atoms with E-state index in [1.165, 1.54) is 0 Å².